The lowest BCUT2D eigenvalue weighted by atomic mass is 10.0. The fourth-order valence-corrected chi connectivity index (χ4v) is 5.43. The highest BCUT2D eigenvalue weighted by Crippen LogP contribution is 2.29. The van der Waals surface area contributed by atoms with Crippen LogP contribution in [0.4, 0.5) is 14.6 Å². The summed E-state index contributed by atoms with van der Waals surface area (Å²) >= 11 is 0. The van der Waals surface area contributed by atoms with Crippen LogP contribution in [-0.2, 0) is 18.4 Å². The summed E-state index contributed by atoms with van der Waals surface area (Å²) in [5.41, 5.74) is 11.5. The smallest absolute Gasteiger partial charge is 0.319 e. The zero-order chi connectivity index (χ0) is 28.5. The summed E-state index contributed by atoms with van der Waals surface area (Å²) < 4.78 is 35.2. The number of aromatic nitrogens is 4. The number of aryl methyl sites for hydroxylation is 1. The van der Waals surface area contributed by atoms with Gasteiger partial charge in [0.05, 0.1) is 36.0 Å². The molecule has 0 radical (unpaired) electrons. The Bertz CT molecular complexity index is 1690. The number of nitrogens with two attached hydrogens (primary N) is 1. The van der Waals surface area contributed by atoms with Crippen LogP contribution in [0.1, 0.15) is 41.7 Å². The van der Waals surface area contributed by atoms with E-state index in [9.17, 15) is 13.6 Å². The number of alkyl halides is 2. The molecule has 210 valence electrons. The average molecular weight is 557 g/mol. The van der Waals surface area contributed by atoms with E-state index < -0.39 is 6.55 Å². The summed E-state index contributed by atoms with van der Waals surface area (Å²) in [5.74, 6) is -0.0945. The van der Waals surface area contributed by atoms with Gasteiger partial charge < -0.3 is 15.8 Å². The van der Waals surface area contributed by atoms with Crippen molar-refractivity contribution in [2.75, 3.05) is 5.73 Å². The van der Waals surface area contributed by atoms with Crippen LogP contribution in [-0.4, -0.2) is 37.4 Å². The number of anilines is 1. The summed E-state index contributed by atoms with van der Waals surface area (Å²) in [4.78, 5) is 17.4. The molecule has 6 rings (SSSR count). The second-order valence-electron chi connectivity index (χ2n) is 10.4. The molecule has 3 N–H and O–H groups in total. The standard InChI is InChI=1S/C31H30F2N6O2/c1-38-17-24(16-36-38)23-14-25(29(34)35-15-23)30(40)37-26-3-2-4-28(26)41-18-19-5-7-20(8-6-19)21-9-10-27-22(13-21)11-12-39(27)31(32)33/h5-17,26,28,31H,2-4,18H2,1H3,(H2,34,35)(H,37,40)/t26-,28-/m0/s1. The molecule has 1 fully saturated rings. The predicted octanol–water partition coefficient (Wildman–Crippen LogP) is 5.95. The van der Waals surface area contributed by atoms with Gasteiger partial charge in [0.15, 0.2) is 0 Å². The molecule has 2 aromatic carbocycles. The summed E-state index contributed by atoms with van der Waals surface area (Å²) in [6, 6.07) is 16.8. The van der Waals surface area contributed by atoms with Crippen molar-refractivity contribution in [2.24, 2.45) is 7.05 Å². The number of benzene rings is 2. The summed E-state index contributed by atoms with van der Waals surface area (Å²) in [7, 11) is 1.83. The van der Waals surface area contributed by atoms with Crippen molar-refractivity contribution < 1.29 is 18.3 Å². The van der Waals surface area contributed by atoms with E-state index in [0.29, 0.717) is 17.7 Å². The number of carbonyl (C=O) groups excluding carboxylic acids is 1. The van der Waals surface area contributed by atoms with Crippen molar-refractivity contribution in [2.45, 2.75) is 44.6 Å². The van der Waals surface area contributed by atoms with Crippen molar-refractivity contribution in [1.82, 2.24) is 24.6 Å². The molecule has 0 bridgehead atoms. The minimum Gasteiger partial charge on any atom is -0.383 e. The molecule has 0 aliphatic heterocycles. The number of nitrogen functional groups attached to an aromatic ring is 1. The predicted molar refractivity (Wildman–Crippen MR) is 153 cm³/mol. The zero-order valence-corrected chi connectivity index (χ0v) is 22.5. The Kier molecular flexibility index (Phi) is 7.23. The van der Waals surface area contributed by atoms with E-state index in [-0.39, 0.29) is 23.9 Å². The third kappa shape index (κ3) is 5.55. The molecular formula is C31H30F2N6O2. The van der Waals surface area contributed by atoms with Crippen molar-refractivity contribution in [1.29, 1.82) is 0 Å². The number of ether oxygens (including phenoxy) is 1. The first-order valence-corrected chi connectivity index (χ1v) is 13.5. The van der Waals surface area contributed by atoms with Crippen LogP contribution >= 0.6 is 0 Å². The van der Waals surface area contributed by atoms with Gasteiger partial charge in [-0.25, -0.2) is 4.98 Å². The third-order valence-electron chi connectivity index (χ3n) is 7.65. The minimum atomic E-state index is -2.57. The van der Waals surface area contributed by atoms with Crippen molar-refractivity contribution in [3.05, 3.63) is 90.5 Å². The lowest BCUT2D eigenvalue weighted by Gasteiger charge is -2.22. The van der Waals surface area contributed by atoms with Gasteiger partial charge in [0.2, 0.25) is 0 Å². The number of nitrogens with zero attached hydrogens (tertiary/aromatic N) is 4. The maximum Gasteiger partial charge on any atom is 0.319 e. The number of fused-ring (bicyclic) bond motifs is 1. The number of amides is 1. The molecule has 1 aliphatic carbocycles. The second kappa shape index (κ2) is 11.1. The Morgan fingerprint density at radius 1 is 1.05 bits per heavy atom. The highest BCUT2D eigenvalue weighted by Gasteiger charge is 2.30. The van der Waals surface area contributed by atoms with E-state index in [1.165, 1.54) is 6.20 Å². The first-order valence-electron chi connectivity index (χ1n) is 13.5. The molecule has 0 saturated heterocycles. The molecule has 10 heteroatoms. The van der Waals surface area contributed by atoms with Gasteiger partial charge in [-0.15, -0.1) is 0 Å². The maximum absolute atomic E-state index is 13.2. The number of hydrogen-bond donors (Lipinski definition) is 2. The van der Waals surface area contributed by atoms with Crippen molar-refractivity contribution in [3.8, 4) is 22.3 Å². The molecule has 0 spiro atoms. The summed E-state index contributed by atoms with van der Waals surface area (Å²) in [5, 5.41) is 8.06. The molecule has 0 unspecified atom stereocenters. The maximum atomic E-state index is 13.2. The fourth-order valence-electron chi connectivity index (χ4n) is 5.43. The van der Waals surface area contributed by atoms with Crippen LogP contribution in [0.25, 0.3) is 33.2 Å². The number of nitrogens with one attached hydrogen (secondary N) is 1. The first kappa shape index (κ1) is 26.6. The van der Waals surface area contributed by atoms with E-state index in [4.69, 9.17) is 10.5 Å². The monoisotopic (exact) mass is 556 g/mol. The molecule has 2 atom stereocenters. The highest BCUT2D eigenvalue weighted by atomic mass is 19.3. The van der Waals surface area contributed by atoms with Gasteiger partial charge in [-0.05, 0) is 60.2 Å². The van der Waals surface area contributed by atoms with Crippen molar-refractivity contribution >= 4 is 22.6 Å². The molecule has 5 aromatic rings. The van der Waals surface area contributed by atoms with Crippen LogP contribution in [0.3, 0.4) is 0 Å². The number of hydrogen-bond acceptors (Lipinski definition) is 5. The zero-order valence-electron chi connectivity index (χ0n) is 22.5. The number of halogens is 2. The number of pyridine rings is 1. The highest BCUT2D eigenvalue weighted by molar-refractivity contribution is 5.99. The molecule has 3 heterocycles. The van der Waals surface area contributed by atoms with Crippen LogP contribution < -0.4 is 11.1 Å². The minimum absolute atomic E-state index is 0.115. The topological polar surface area (TPSA) is 100.0 Å². The molecule has 3 aromatic heterocycles. The number of carbonyl (C=O) groups is 1. The summed E-state index contributed by atoms with van der Waals surface area (Å²) in [6.07, 6.45) is 9.13. The van der Waals surface area contributed by atoms with Crippen molar-refractivity contribution in [3.63, 3.8) is 0 Å². The average Bonchev–Trinajstić information content (AvgIpc) is 3.72. The van der Waals surface area contributed by atoms with Crippen LogP contribution in [0, 0.1) is 0 Å². The Morgan fingerprint density at radius 2 is 1.85 bits per heavy atom. The Balaban J connectivity index is 1.08. The Labute approximate surface area is 235 Å². The van der Waals surface area contributed by atoms with Gasteiger partial charge in [0.25, 0.3) is 5.91 Å². The third-order valence-corrected chi connectivity index (χ3v) is 7.65. The SMILES string of the molecule is Cn1cc(-c2cnc(N)c(C(=O)N[C@H]3CCC[C@@H]3OCc3ccc(-c4ccc5c(ccn5C(F)F)c4)cc3)c2)cn1. The lowest BCUT2D eigenvalue weighted by Crippen LogP contribution is -2.41. The van der Waals surface area contributed by atoms with Gasteiger partial charge in [-0.1, -0.05) is 30.3 Å². The largest absolute Gasteiger partial charge is 0.383 e. The van der Waals surface area contributed by atoms with E-state index in [1.54, 1.807) is 35.3 Å². The van der Waals surface area contributed by atoms with Gasteiger partial charge in [0.1, 0.15) is 5.82 Å². The van der Waals surface area contributed by atoms with E-state index in [2.05, 4.69) is 15.4 Å². The van der Waals surface area contributed by atoms with Gasteiger partial charge in [0, 0.05) is 42.2 Å². The Morgan fingerprint density at radius 3 is 2.61 bits per heavy atom. The molecule has 41 heavy (non-hydrogen) atoms. The van der Waals surface area contributed by atoms with Crippen LogP contribution in [0.15, 0.2) is 79.4 Å². The van der Waals surface area contributed by atoms with E-state index >= 15 is 0 Å². The molecule has 1 saturated carbocycles. The van der Waals surface area contributed by atoms with Gasteiger partial charge in [-0.2, -0.15) is 13.9 Å². The molecule has 1 amide bonds. The molecule has 1 aliphatic rings. The molecular weight excluding hydrogens is 526 g/mol. The van der Waals surface area contributed by atoms with Crippen LogP contribution in [0.5, 0.6) is 0 Å². The van der Waals surface area contributed by atoms with Gasteiger partial charge in [-0.3, -0.25) is 14.0 Å². The first-order chi connectivity index (χ1) is 19.9. The lowest BCUT2D eigenvalue weighted by molar-refractivity contribution is 0.0272. The fraction of sp³-hybridized carbons (Fsp3) is 0.258. The quantitative estimate of drug-likeness (QED) is 0.246. The van der Waals surface area contributed by atoms with E-state index in [1.807, 2.05) is 49.6 Å². The second-order valence-corrected chi connectivity index (χ2v) is 10.4. The number of rotatable bonds is 8. The Hall–Kier alpha value is -4.57. The normalized spacial score (nSPS) is 17.0. The molecule has 8 nitrogen and oxygen atoms in total. The van der Waals surface area contributed by atoms with Crippen LogP contribution in [0.2, 0.25) is 0 Å². The van der Waals surface area contributed by atoms with Gasteiger partial charge >= 0.3 is 6.55 Å². The van der Waals surface area contributed by atoms with E-state index in [0.717, 1.165) is 57.0 Å². The summed E-state index contributed by atoms with van der Waals surface area (Å²) in [6.45, 7) is -2.16.